The lowest BCUT2D eigenvalue weighted by atomic mass is 9.96. The third-order valence-electron chi connectivity index (χ3n) is 4.36. The highest BCUT2D eigenvalue weighted by molar-refractivity contribution is 7.99. The predicted octanol–water partition coefficient (Wildman–Crippen LogP) is 3.17. The van der Waals surface area contributed by atoms with Crippen LogP contribution in [0.15, 0.2) is 5.16 Å². The summed E-state index contributed by atoms with van der Waals surface area (Å²) < 4.78 is 6.58. The van der Waals surface area contributed by atoms with E-state index in [9.17, 15) is 9.59 Å². The molecule has 2 rings (SSSR count). The third kappa shape index (κ3) is 5.26. The van der Waals surface area contributed by atoms with Gasteiger partial charge in [0.2, 0.25) is 11.1 Å². The lowest BCUT2D eigenvalue weighted by Gasteiger charge is -2.12. The van der Waals surface area contributed by atoms with Crippen molar-refractivity contribution in [1.82, 2.24) is 14.9 Å². The quantitative estimate of drug-likeness (QED) is 0.360. The highest BCUT2D eigenvalue weighted by Gasteiger charge is 2.25. The summed E-state index contributed by atoms with van der Waals surface area (Å²) in [4.78, 5) is 26.0. The Labute approximate surface area is 173 Å². The topological polar surface area (TPSA) is 112 Å². The van der Waals surface area contributed by atoms with Crippen LogP contribution in [0.1, 0.15) is 53.8 Å². The number of nitrogen functional groups attached to an aromatic ring is 1. The molecule has 0 spiro atoms. The van der Waals surface area contributed by atoms with Crippen LogP contribution in [-0.4, -0.2) is 39.1 Å². The van der Waals surface area contributed by atoms with Crippen molar-refractivity contribution in [2.24, 2.45) is 5.92 Å². The number of nitrogens with two attached hydrogens (primary N) is 1. The zero-order valence-corrected chi connectivity index (χ0v) is 18.5. The monoisotopic (exact) mass is 425 g/mol. The standard InChI is InChI=1S/C18H27N5O3S2/c1-6-10(3)8-13-11(4)28-16(15(13)17(25)26-7-2)20-14(24)9-27-18-22-21-12(5)23(18)19/h10H,6-9,19H2,1-5H3,(H,20,24)/t10-/m1/s1. The van der Waals surface area contributed by atoms with E-state index in [2.05, 4.69) is 29.4 Å². The number of nitrogens with zero attached hydrogens (tertiary/aromatic N) is 3. The molecule has 0 radical (unpaired) electrons. The number of esters is 1. The van der Waals surface area contributed by atoms with Crippen molar-refractivity contribution in [2.75, 3.05) is 23.5 Å². The zero-order valence-electron chi connectivity index (χ0n) is 16.9. The second kappa shape index (κ2) is 9.92. The zero-order chi connectivity index (χ0) is 20.8. The molecule has 2 aromatic heterocycles. The lowest BCUT2D eigenvalue weighted by molar-refractivity contribution is -0.113. The molecule has 1 atom stereocenters. The molecule has 0 unspecified atom stereocenters. The molecule has 0 aliphatic rings. The molecule has 154 valence electrons. The van der Waals surface area contributed by atoms with Crippen LogP contribution in [0.2, 0.25) is 0 Å². The largest absolute Gasteiger partial charge is 0.462 e. The van der Waals surface area contributed by atoms with Gasteiger partial charge in [-0.25, -0.2) is 9.47 Å². The molecule has 10 heteroatoms. The van der Waals surface area contributed by atoms with E-state index in [4.69, 9.17) is 10.6 Å². The van der Waals surface area contributed by atoms with E-state index >= 15 is 0 Å². The van der Waals surface area contributed by atoms with Crippen LogP contribution >= 0.6 is 23.1 Å². The Morgan fingerprint density at radius 2 is 2.04 bits per heavy atom. The second-order valence-corrected chi connectivity index (χ2v) is 8.68. The number of thiophene rings is 1. The highest BCUT2D eigenvalue weighted by atomic mass is 32.2. The Balaban J connectivity index is 2.18. The van der Waals surface area contributed by atoms with Gasteiger partial charge in [-0.15, -0.1) is 21.5 Å². The van der Waals surface area contributed by atoms with Crippen molar-refractivity contribution in [3.05, 3.63) is 21.8 Å². The first-order valence-corrected chi connectivity index (χ1v) is 11.0. The summed E-state index contributed by atoms with van der Waals surface area (Å²) in [6, 6.07) is 0. The van der Waals surface area contributed by atoms with Crippen LogP contribution in [0.3, 0.4) is 0 Å². The van der Waals surface area contributed by atoms with Gasteiger partial charge in [-0.05, 0) is 38.7 Å². The number of hydrogen-bond donors (Lipinski definition) is 2. The maximum atomic E-state index is 12.6. The molecular formula is C18H27N5O3S2. The van der Waals surface area contributed by atoms with Gasteiger partial charge in [0.25, 0.3) is 0 Å². The van der Waals surface area contributed by atoms with Crippen LogP contribution in [-0.2, 0) is 16.0 Å². The number of aromatic nitrogens is 3. The molecule has 0 aliphatic heterocycles. The van der Waals surface area contributed by atoms with E-state index < -0.39 is 5.97 Å². The Kier molecular flexibility index (Phi) is 7.88. The first kappa shape index (κ1) is 22.2. The van der Waals surface area contributed by atoms with Gasteiger partial charge in [-0.3, -0.25) is 4.79 Å². The summed E-state index contributed by atoms with van der Waals surface area (Å²) >= 11 is 2.59. The minimum Gasteiger partial charge on any atom is -0.462 e. The Bertz CT molecular complexity index is 847. The van der Waals surface area contributed by atoms with Crippen LogP contribution in [0.5, 0.6) is 0 Å². The average molecular weight is 426 g/mol. The van der Waals surface area contributed by atoms with Crippen LogP contribution in [0.4, 0.5) is 5.00 Å². The number of thioether (sulfide) groups is 1. The number of aryl methyl sites for hydroxylation is 2. The number of hydrogen-bond acceptors (Lipinski definition) is 8. The maximum Gasteiger partial charge on any atom is 0.341 e. The molecule has 3 N–H and O–H groups in total. The molecule has 28 heavy (non-hydrogen) atoms. The molecule has 8 nitrogen and oxygen atoms in total. The van der Waals surface area contributed by atoms with Crippen LogP contribution < -0.4 is 11.2 Å². The van der Waals surface area contributed by atoms with E-state index in [1.807, 2.05) is 6.92 Å². The number of nitrogens with one attached hydrogen (secondary N) is 1. The summed E-state index contributed by atoms with van der Waals surface area (Å²) in [6.07, 6.45) is 1.78. The van der Waals surface area contributed by atoms with Crippen molar-refractivity contribution in [3.8, 4) is 0 Å². The minimum absolute atomic E-state index is 0.106. The van der Waals surface area contributed by atoms with Crippen molar-refractivity contribution >= 4 is 40.0 Å². The van der Waals surface area contributed by atoms with Gasteiger partial charge >= 0.3 is 5.97 Å². The van der Waals surface area contributed by atoms with Gasteiger partial charge in [-0.1, -0.05) is 32.0 Å². The highest BCUT2D eigenvalue weighted by Crippen LogP contribution is 2.35. The number of amides is 1. The Morgan fingerprint density at radius 3 is 2.61 bits per heavy atom. The summed E-state index contributed by atoms with van der Waals surface area (Å²) in [7, 11) is 0. The minimum atomic E-state index is -0.398. The number of rotatable bonds is 9. The first-order valence-electron chi connectivity index (χ1n) is 9.17. The fraction of sp³-hybridized carbons (Fsp3) is 0.556. The van der Waals surface area contributed by atoms with Gasteiger partial charge in [0.05, 0.1) is 17.9 Å². The van der Waals surface area contributed by atoms with Crippen molar-refractivity contribution < 1.29 is 14.3 Å². The molecule has 2 aromatic rings. The molecule has 0 saturated heterocycles. The molecule has 0 fully saturated rings. The predicted molar refractivity (Wildman–Crippen MR) is 112 cm³/mol. The Morgan fingerprint density at radius 1 is 1.32 bits per heavy atom. The van der Waals surface area contributed by atoms with Crippen LogP contribution in [0.25, 0.3) is 0 Å². The summed E-state index contributed by atoms with van der Waals surface area (Å²) in [5, 5.41) is 11.6. The summed E-state index contributed by atoms with van der Waals surface area (Å²) in [5.74, 6) is 6.26. The number of carbonyl (C=O) groups excluding carboxylic acids is 2. The second-order valence-electron chi connectivity index (χ2n) is 6.52. The van der Waals surface area contributed by atoms with E-state index in [-0.39, 0.29) is 18.3 Å². The van der Waals surface area contributed by atoms with Crippen molar-refractivity contribution in [1.29, 1.82) is 0 Å². The fourth-order valence-corrected chi connectivity index (χ4v) is 4.36. The first-order chi connectivity index (χ1) is 13.3. The van der Waals surface area contributed by atoms with Gasteiger partial charge in [0.1, 0.15) is 10.8 Å². The van der Waals surface area contributed by atoms with E-state index in [0.29, 0.717) is 27.5 Å². The third-order valence-corrected chi connectivity index (χ3v) is 6.36. The summed E-state index contributed by atoms with van der Waals surface area (Å²) in [6.45, 7) is 10.0. The maximum absolute atomic E-state index is 12.6. The molecule has 1 amide bonds. The van der Waals surface area contributed by atoms with Gasteiger partial charge in [0.15, 0.2) is 0 Å². The SMILES string of the molecule is CCOC(=O)c1c(NC(=O)CSc2nnc(C)n2N)sc(C)c1C[C@H](C)CC. The molecule has 0 saturated carbocycles. The smallest absolute Gasteiger partial charge is 0.341 e. The molecule has 0 aromatic carbocycles. The number of ether oxygens (including phenoxy) is 1. The van der Waals surface area contributed by atoms with Gasteiger partial charge in [0, 0.05) is 4.88 Å². The van der Waals surface area contributed by atoms with E-state index in [1.54, 1.807) is 13.8 Å². The van der Waals surface area contributed by atoms with E-state index in [1.165, 1.54) is 27.8 Å². The van der Waals surface area contributed by atoms with Crippen molar-refractivity contribution in [2.45, 2.75) is 52.6 Å². The lowest BCUT2D eigenvalue weighted by Crippen LogP contribution is -2.18. The Hall–Kier alpha value is -2.07. The summed E-state index contributed by atoms with van der Waals surface area (Å²) in [5.41, 5.74) is 1.43. The number of anilines is 1. The van der Waals surface area contributed by atoms with Crippen molar-refractivity contribution in [3.63, 3.8) is 0 Å². The van der Waals surface area contributed by atoms with E-state index in [0.717, 1.165) is 23.3 Å². The fourth-order valence-electron chi connectivity index (χ4n) is 2.57. The molecular weight excluding hydrogens is 398 g/mol. The average Bonchev–Trinajstić information content (AvgIpc) is 3.13. The normalized spacial score (nSPS) is 12.0. The van der Waals surface area contributed by atoms with Crippen LogP contribution in [0, 0.1) is 19.8 Å². The molecule has 2 heterocycles. The molecule has 0 aliphatic carbocycles. The van der Waals surface area contributed by atoms with Gasteiger partial charge in [-0.2, -0.15) is 0 Å². The number of carbonyl (C=O) groups is 2. The van der Waals surface area contributed by atoms with Gasteiger partial charge < -0.3 is 15.9 Å². The molecule has 0 bridgehead atoms.